The Hall–Kier alpha value is -1.58. The van der Waals surface area contributed by atoms with Crippen LogP contribution in [0.2, 0.25) is 0 Å². The van der Waals surface area contributed by atoms with E-state index in [0.717, 1.165) is 24.0 Å². The highest BCUT2D eigenvalue weighted by Crippen LogP contribution is 2.42. The topological polar surface area (TPSA) is 63.4 Å². The van der Waals surface area contributed by atoms with Gasteiger partial charge in [-0.25, -0.2) is 0 Å². The summed E-state index contributed by atoms with van der Waals surface area (Å²) >= 11 is 0. The molecule has 4 nitrogen and oxygen atoms in total. The summed E-state index contributed by atoms with van der Waals surface area (Å²) in [6, 6.07) is 3.04. The average molecular weight is 207 g/mol. The Bertz CT molecular complexity index is 438. The van der Waals surface area contributed by atoms with E-state index in [0.29, 0.717) is 0 Å². The van der Waals surface area contributed by atoms with Gasteiger partial charge in [0.05, 0.1) is 4.92 Å². The molecule has 15 heavy (non-hydrogen) atoms. The number of hydrogen-bond acceptors (Lipinski definition) is 3. The van der Waals surface area contributed by atoms with Crippen LogP contribution in [0.4, 0.5) is 5.69 Å². The Balaban J connectivity index is 2.62. The van der Waals surface area contributed by atoms with Gasteiger partial charge in [0.25, 0.3) is 0 Å². The van der Waals surface area contributed by atoms with Gasteiger partial charge in [0, 0.05) is 6.07 Å². The summed E-state index contributed by atoms with van der Waals surface area (Å²) in [7, 11) is 0. The number of phenolic OH excluding ortho intramolecular Hbond substituents is 1. The quantitative estimate of drug-likeness (QED) is 0.568. The number of hydrogen-bond donors (Lipinski definition) is 1. The van der Waals surface area contributed by atoms with E-state index in [9.17, 15) is 15.2 Å². The second-order valence-electron chi connectivity index (χ2n) is 4.64. The summed E-state index contributed by atoms with van der Waals surface area (Å²) in [5.41, 5.74) is 1.81. The number of benzene rings is 1. The summed E-state index contributed by atoms with van der Waals surface area (Å²) in [6.45, 7) is 4.14. The lowest BCUT2D eigenvalue weighted by atomic mass is 9.86. The summed E-state index contributed by atoms with van der Waals surface area (Å²) in [6.07, 6.45) is 1.86. The zero-order chi connectivity index (χ0) is 11.2. The van der Waals surface area contributed by atoms with Crippen LogP contribution in [0.5, 0.6) is 5.75 Å². The molecular formula is C11H13NO3. The number of aromatic hydroxyl groups is 1. The fraction of sp³-hybridized carbons (Fsp3) is 0.455. The minimum atomic E-state index is -0.538. The van der Waals surface area contributed by atoms with Gasteiger partial charge < -0.3 is 5.11 Å². The van der Waals surface area contributed by atoms with Gasteiger partial charge in [-0.2, -0.15) is 0 Å². The summed E-state index contributed by atoms with van der Waals surface area (Å²) in [5.74, 6) is -0.226. The van der Waals surface area contributed by atoms with Crippen LogP contribution in [-0.4, -0.2) is 10.0 Å². The van der Waals surface area contributed by atoms with Crippen LogP contribution in [-0.2, 0) is 11.8 Å². The molecule has 1 aromatic carbocycles. The highest BCUT2D eigenvalue weighted by Gasteiger charge is 2.32. The molecule has 0 amide bonds. The molecule has 0 spiro atoms. The number of phenols is 1. The van der Waals surface area contributed by atoms with E-state index in [2.05, 4.69) is 13.8 Å². The summed E-state index contributed by atoms with van der Waals surface area (Å²) < 4.78 is 0. The van der Waals surface area contributed by atoms with Crippen LogP contribution in [0, 0.1) is 10.1 Å². The molecule has 0 bridgehead atoms. The van der Waals surface area contributed by atoms with E-state index in [1.165, 1.54) is 12.1 Å². The van der Waals surface area contributed by atoms with E-state index in [1.807, 2.05) is 0 Å². The Morgan fingerprint density at radius 2 is 2.13 bits per heavy atom. The van der Waals surface area contributed by atoms with Crippen molar-refractivity contribution >= 4 is 5.69 Å². The first-order valence-electron chi connectivity index (χ1n) is 4.92. The van der Waals surface area contributed by atoms with Crippen molar-refractivity contribution in [2.45, 2.75) is 32.1 Å². The Morgan fingerprint density at radius 1 is 1.47 bits per heavy atom. The molecule has 0 heterocycles. The Labute approximate surface area is 87.7 Å². The lowest BCUT2D eigenvalue weighted by Gasteiger charge is -2.18. The van der Waals surface area contributed by atoms with Gasteiger partial charge in [-0.05, 0) is 35.4 Å². The first-order chi connectivity index (χ1) is 6.92. The van der Waals surface area contributed by atoms with Crippen molar-refractivity contribution in [1.29, 1.82) is 0 Å². The van der Waals surface area contributed by atoms with Crippen LogP contribution in [0.3, 0.4) is 0 Å². The zero-order valence-electron chi connectivity index (χ0n) is 8.78. The zero-order valence-corrected chi connectivity index (χ0v) is 8.78. The minimum Gasteiger partial charge on any atom is -0.502 e. The van der Waals surface area contributed by atoms with Crippen LogP contribution in [0.1, 0.15) is 31.4 Å². The van der Waals surface area contributed by atoms with Crippen molar-refractivity contribution in [2.75, 3.05) is 0 Å². The largest absolute Gasteiger partial charge is 0.502 e. The van der Waals surface area contributed by atoms with Crippen molar-refractivity contribution in [3.05, 3.63) is 33.4 Å². The molecular weight excluding hydrogens is 194 g/mol. The van der Waals surface area contributed by atoms with Gasteiger partial charge in [0.2, 0.25) is 0 Å². The maximum absolute atomic E-state index is 10.7. The Morgan fingerprint density at radius 3 is 2.73 bits per heavy atom. The first kappa shape index (κ1) is 9.96. The summed E-state index contributed by atoms with van der Waals surface area (Å²) in [5, 5.41) is 20.2. The number of rotatable bonds is 1. The van der Waals surface area contributed by atoms with Gasteiger partial charge >= 0.3 is 5.69 Å². The predicted molar refractivity (Wildman–Crippen MR) is 56.1 cm³/mol. The van der Waals surface area contributed by atoms with Crippen molar-refractivity contribution in [1.82, 2.24) is 0 Å². The smallest absolute Gasteiger partial charge is 0.311 e. The summed E-state index contributed by atoms with van der Waals surface area (Å²) in [4.78, 5) is 10.1. The highest BCUT2D eigenvalue weighted by molar-refractivity contribution is 5.54. The Kier molecular flexibility index (Phi) is 1.96. The number of nitrogens with zero attached hydrogens (tertiary/aromatic N) is 1. The van der Waals surface area contributed by atoms with Gasteiger partial charge in [0.1, 0.15) is 0 Å². The van der Waals surface area contributed by atoms with Gasteiger partial charge in [-0.1, -0.05) is 13.8 Å². The monoisotopic (exact) mass is 207 g/mol. The third-order valence-electron chi connectivity index (χ3n) is 3.15. The van der Waals surface area contributed by atoms with Gasteiger partial charge in [-0.3, -0.25) is 10.1 Å². The normalized spacial score (nSPS) is 17.5. The maximum atomic E-state index is 10.7. The van der Waals surface area contributed by atoms with E-state index < -0.39 is 4.92 Å². The van der Waals surface area contributed by atoms with E-state index in [-0.39, 0.29) is 16.9 Å². The van der Waals surface area contributed by atoms with Crippen molar-refractivity contribution < 1.29 is 10.0 Å². The van der Waals surface area contributed by atoms with Crippen LogP contribution in [0.15, 0.2) is 12.1 Å². The molecule has 1 aromatic rings. The van der Waals surface area contributed by atoms with Crippen LogP contribution in [0.25, 0.3) is 0 Å². The number of fused-ring (bicyclic) bond motifs is 1. The molecule has 0 saturated heterocycles. The first-order valence-corrected chi connectivity index (χ1v) is 4.92. The standard InChI is InChI=1S/C11H13NO3/c1-11(2)4-3-7-5-10(13)9(12(14)15)6-8(7)11/h5-6,13H,3-4H2,1-2H3. The third kappa shape index (κ3) is 1.46. The average Bonchev–Trinajstić information content (AvgIpc) is 2.40. The molecule has 4 heteroatoms. The second-order valence-corrected chi connectivity index (χ2v) is 4.64. The number of nitro benzene ring substituents is 1. The second kappa shape index (κ2) is 2.95. The van der Waals surface area contributed by atoms with E-state index >= 15 is 0 Å². The molecule has 1 N–H and O–H groups in total. The molecule has 1 aliphatic rings. The molecule has 0 fully saturated rings. The fourth-order valence-electron chi connectivity index (χ4n) is 2.19. The van der Waals surface area contributed by atoms with E-state index in [4.69, 9.17) is 0 Å². The molecule has 80 valence electrons. The number of nitro groups is 1. The SMILES string of the molecule is CC1(C)CCc2cc(O)c([N+](=O)[O-])cc21. The van der Waals surface area contributed by atoms with Crippen LogP contribution >= 0.6 is 0 Å². The van der Waals surface area contributed by atoms with E-state index in [1.54, 1.807) is 0 Å². The minimum absolute atomic E-state index is 0.0200. The molecule has 1 aliphatic carbocycles. The molecule has 0 saturated carbocycles. The maximum Gasteiger partial charge on any atom is 0.311 e. The fourth-order valence-corrected chi connectivity index (χ4v) is 2.19. The molecule has 0 aromatic heterocycles. The van der Waals surface area contributed by atoms with Gasteiger partial charge in [-0.15, -0.1) is 0 Å². The molecule has 0 radical (unpaired) electrons. The van der Waals surface area contributed by atoms with Crippen molar-refractivity contribution in [2.24, 2.45) is 0 Å². The lowest BCUT2D eigenvalue weighted by Crippen LogP contribution is -2.12. The highest BCUT2D eigenvalue weighted by atomic mass is 16.6. The number of aryl methyl sites for hydroxylation is 1. The van der Waals surface area contributed by atoms with Crippen molar-refractivity contribution in [3.63, 3.8) is 0 Å². The molecule has 2 rings (SSSR count). The third-order valence-corrected chi connectivity index (χ3v) is 3.15. The van der Waals surface area contributed by atoms with Gasteiger partial charge in [0.15, 0.2) is 5.75 Å². The molecule has 0 aliphatic heterocycles. The van der Waals surface area contributed by atoms with Crippen LogP contribution < -0.4 is 0 Å². The lowest BCUT2D eigenvalue weighted by molar-refractivity contribution is -0.386. The molecule has 0 atom stereocenters. The predicted octanol–water partition coefficient (Wildman–Crippen LogP) is 2.52. The van der Waals surface area contributed by atoms with Crippen molar-refractivity contribution in [3.8, 4) is 5.75 Å². The molecule has 0 unspecified atom stereocenters.